The lowest BCUT2D eigenvalue weighted by Crippen LogP contribution is -2.56. The summed E-state index contributed by atoms with van der Waals surface area (Å²) >= 11 is 6.38. The molecular formula is C27H38ClNO5. The van der Waals surface area contributed by atoms with Crippen LogP contribution >= 0.6 is 11.6 Å². The summed E-state index contributed by atoms with van der Waals surface area (Å²) in [4.78, 5) is 26.3. The molecular weight excluding hydrogens is 454 g/mol. The summed E-state index contributed by atoms with van der Waals surface area (Å²) in [6.07, 6.45) is 3.99. The first kappa shape index (κ1) is 26.7. The average Bonchev–Trinajstić information content (AvgIpc) is 2.77. The SMILES string of the molecule is COCC(=O)N(Cc1ccccc1Cl)CC(C)[C@@H]1CC[C@@H](C)[C@]2(O)C[C@@H](OC(C)=O)C(C)=C[C@H]12. The Morgan fingerprint density at radius 2 is 2.00 bits per heavy atom. The first-order chi connectivity index (χ1) is 16.1. The molecule has 2 aliphatic rings. The van der Waals surface area contributed by atoms with Crippen molar-refractivity contribution in [3.8, 4) is 0 Å². The van der Waals surface area contributed by atoms with Gasteiger partial charge in [0.2, 0.25) is 5.91 Å². The first-order valence-electron chi connectivity index (χ1n) is 12.1. The Labute approximate surface area is 208 Å². The number of amides is 1. The minimum atomic E-state index is -0.944. The van der Waals surface area contributed by atoms with Crippen LogP contribution in [0.3, 0.4) is 0 Å². The lowest BCUT2D eigenvalue weighted by atomic mass is 9.57. The van der Waals surface area contributed by atoms with Crippen molar-refractivity contribution in [1.29, 1.82) is 0 Å². The van der Waals surface area contributed by atoms with Gasteiger partial charge in [-0.3, -0.25) is 9.59 Å². The summed E-state index contributed by atoms with van der Waals surface area (Å²) < 4.78 is 10.7. The quantitative estimate of drug-likeness (QED) is 0.424. The summed E-state index contributed by atoms with van der Waals surface area (Å²) in [7, 11) is 1.52. The molecule has 1 saturated carbocycles. The molecule has 0 radical (unpaired) electrons. The highest BCUT2D eigenvalue weighted by molar-refractivity contribution is 6.31. The number of benzene rings is 1. The molecule has 188 valence electrons. The summed E-state index contributed by atoms with van der Waals surface area (Å²) in [6, 6.07) is 7.56. The van der Waals surface area contributed by atoms with Gasteiger partial charge in [-0.1, -0.05) is 49.7 Å². The zero-order valence-corrected chi connectivity index (χ0v) is 21.7. The summed E-state index contributed by atoms with van der Waals surface area (Å²) in [6.45, 7) is 8.58. The van der Waals surface area contributed by atoms with Crippen molar-refractivity contribution in [3.05, 3.63) is 46.5 Å². The van der Waals surface area contributed by atoms with Crippen LogP contribution in [0, 0.1) is 23.7 Å². The van der Waals surface area contributed by atoms with Crippen LogP contribution in [0.5, 0.6) is 0 Å². The number of hydrogen-bond acceptors (Lipinski definition) is 5. The molecule has 0 aliphatic heterocycles. The second-order valence-corrected chi connectivity index (χ2v) is 10.6. The number of aliphatic hydroxyl groups is 1. The van der Waals surface area contributed by atoms with Crippen molar-refractivity contribution >= 4 is 23.5 Å². The summed E-state index contributed by atoms with van der Waals surface area (Å²) in [5, 5.41) is 12.5. The van der Waals surface area contributed by atoms with Crippen molar-refractivity contribution in [1.82, 2.24) is 4.90 Å². The van der Waals surface area contributed by atoms with Gasteiger partial charge in [-0.05, 0) is 54.7 Å². The number of rotatable bonds is 8. The fourth-order valence-corrected chi connectivity index (χ4v) is 5.98. The van der Waals surface area contributed by atoms with Crippen LogP contribution in [-0.4, -0.2) is 53.8 Å². The van der Waals surface area contributed by atoms with Gasteiger partial charge in [-0.25, -0.2) is 0 Å². The normalized spacial score (nSPS) is 29.6. The molecule has 3 rings (SSSR count). The van der Waals surface area contributed by atoms with Crippen LogP contribution in [-0.2, 0) is 25.6 Å². The molecule has 6 atom stereocenters. The van der Waals surface area contributed by atoms with E-state index in [9.17, 15) is 14.7 Å². The number of esters is 1. The Kier molecular flexibility index (Phi) is 8.82. The number of hydrogen-bond donors (Lipinski definition) is 1. The Hall–Kier alpha value is -1.89. The zero-order chi connectivity index (χ0) is 25.0. The number of carbonyl (C=O) groups excluding carboxylic acids is 2. The van der Waals surface area contributed by atoms with Gasteiger partial charge in [-0.15, -0.1) is 0 Å². The maximum absolute atomic E-state index is 12.9. The number of fused-ring (bicyclic) bond motifs is 1. The van der Waals surface area contributed by atoms with E-state index in [0.717, 1.165) is 24.0 Å². The van der Waals surface area contributed by atoms with Gasteiger partial charge in [0.25, 0.3) is 0 Å². The predicted molar refractivity (Wildman–Crippen MR) is 132 cm³/mol. The third-order valence-electron chi connectivity index (χ3n) is 7.77. The zero-order valence-electron chi connectivity index (χ0n) is 20.9. The molecule has 1 unspecified atom stereocenters. The predicted octanol–water partition coefficient (Wildman–Crippen LogP) is 4.63. The van der Waals surface area contributed by atoms with Crippen LogP contribution in [0.2, 0.25) is 5.02 Å². The monoisotopic (exact) mass is 491 g/mol. The number of carbonyl (C=O) groups is 2. The van der Waals surface area contributed by atoms with Crippen molar-refractivity contribution in [3.63, 3.8) is 0 Å². The highest BCUT2D eigenvalue weighted by Crippen LogP contribution is 2.51. The van der Waals surface area contributed by atoms with Gasteiger partial charge in [-0.2, -0.15) is 0 Å². The fraction of sp³-hybridized carbons (Fsp3) is 0.630. The maximum Gasteiger partial charge on any atom is 0.303 e. The van der Waals surface area contributed by atoms with Crippen LogP contribution in [0.15, 0.2) is 35.9 Å². The molecule has 7 heteroatoms. The second kappa shape index (κ2) is 11.2. The largest absolute Gasteiger partial charge is 0.458 e. The molecule has 34 heavy (non-hydrogen) atoms. The third kappa shape index (κ3) is 5.84. The second-order valence-electron chi connectivity index (χ2n) is 10.1. The maximum atomic E-state index is 12.9. The third-order valence-corrected chi connectivity index (χ3v) is 8.14. The van der Waals surface area contributed by atoms with E-state index < -0.39 is 11.7 Å². The van der Waals surface area contributed by atoms with Crippen LogP contribution < -0.4 is 0 Å². The fourth-order valence-electron chi connectivity index (χ4n) is 5.78. The van der Waals surface area contributed by atoms with Gasteiger partial charge in [0.1, 0.15) is 12.7 Å². The van der Waals surface area contributed by atoms with Gasteiger partial charge in [0, 0.05) is 44.5 Å². The number of methoxy groups -OCH3 is 1. The van der Waals surface area contributed by atoms with E-state index in [2.05, 4.69) is 19.9 Å². The highest BCUT2D eigenvalue weighted by atomic mass is 35.5. The highest BCUT2D eigenvalue weighted by Gasteiger charge is 2.52. The molecule has 2 aliphatic carbocycles. The molecule has 1 N–H and O–H groups in total. The molecule has 0 heterocycles. The minimum Gasteiger partial charge on any atom is -0.458 e. The molecule has 0 bridgehead atoms. The Morgan fingerprint density at radius 1 is 1.29 bits per heavy atom. The van der Waals surface area contributed by atoms with Crippen LogP contribution in [0.1, 0.15) is 52.5 Å². The molecule has 0 spiro atoms. The van der Waals surface area contributed by atoms with Crippen molar-refractivity contribution in [2.75, 3.05) is 20.3 Å². The van der Waals surface area contributed by atoms with E-state index in [1.807, 2.05) is 36.1 Å². The lowest BCUT2D eigenvalue weighted by molar-refractivity contribution is -0.159. The lowest BCUT2D eigenvalue weighted by Gasteiger charge is -2.53. The van der Waals surface area contributed by atoms with Gasteiger partial charge < -0.3 is 19.5 Å². The van der Waals surface area contributed by atoms with E-state index in [1.54, 1.807) is 0 Å². The van der Waals surface area contributed by atoms with Crippen LogP contribution in [0.4, 0.5) is 0 Å². The number of halogens is 1. The molecule has 1 fully saturated rings. The van der Waals surface area contributed by atoms with Gasteiger partial charge >= 0.3 is 5.97 Å². The molecule has 0 aromatic heterocycles. The van der Waals surface area contributed by atoms with E-state index in [4.69, 9.17) is 21.1 Å². The Bertz CT molecular complexity index is 918. The molecule has 1 aromatic rings. The molecule has 1 aromatic carbocycles. The smallest absolute Gasteiger partial charge is 0.303 e. The van der Waals surface area contributed by atoms with E-state index in [0.29, 0.717) is 24.5 Å². The van der Waals surface area contributed by atoms with E-state index in [1.165, 1.54) is 14.0 Å². The van der Waals surface area contributed by atoms with Gasteiger partial charge in [0.05, 0.1) is 5.60 Å². The first-order valence-corrected chi connectivity index (χ1v) is 12.5. The summed E-state index contributed by atoms with van der Waals surface area (Å²) in [5.74, 6) is -0.0466. The minimum absolute atomic E-state index is 0.00924. The molecule has 1 amide bonds. The van der Waals surface area contributed by atoms with Crippen molar-refractivity contribution < 1.29 is 24.2 Å². The summed E-state index contributed by atoms with van der Waals surface area (Å²) in [5.41, 5.74) is 0.938. The van der Waals surface area contributed by atoms with E-state index >= 15 is 0 Å². The topological polar surface area (TPSA) is 76.1 Å². The van der Waals surface area contributed by atoms with Gasteiger partial charge in [0.15, 0.2) is 0 Å². The molecule has 0 saturated heterocycles. The van der Waals surface area contributed by atoms with Crippen molar-refractivity contribution in [2.24, 2.45) is 23.7 Å². The van der Waals surface area contributed by atoms with Crippen LogP contribution in [0.25, 0.3) is 0 Å². The number of nitrogens with zero attached hydrogens (tertiary/aromatic N) is 1. The number of ether oxygens (including phenoxy) is 2. The Balaban J connectivity index is 1.84. The average molecular weight is 492 g/mol. The van der Waals surface area contributed by atoms with Crippen molar-refractivity contribution in [2.45, 2.75) is 65.2 Å². The Morgan fingerprint density at radius 3 is 2.65 bits per heavy atom. The van der Waals surface area contributed by atoms with E-state index in [-0.39, 0.29) is 42.2 Å². The molecule has 6 nitrogen and oxygen atoms in total. The standard InChI is InChI=1S/C27H38ClNO5/c1-17-12-23-22(11-10-19(3)27(23,32)13-25(17)34-20(4)30)18(2)14-29(26(31)16-33-5)15-21-8-6-7-9-24(21)28/h6-9,12,18-19,22-23,25,32H,10-11,13-16H2,1-5H3/t18?,19-,22+,23-,25-,27-/m1/s1.